The molecule has 8 nitrogen and oxygen atoms in total. The molecule has 4 N–H and O–H groups in total. The van der Waals surface area contributed by atoms with E-state index >= 15 is 0 Å². The van der Waals surface area contributed by atoms with Crippen molar-refractivity contribution in [3.63, 3.8) is 0 Å². The molecule has 9 heteroatoms. The van der Waals surface area contributed by atoms with Crippen LogP contribution in [0.5, 0.6) is 0 Å². The van der Waals surface area contributed by atoms with Crippen molar-refractivity contribution < 1.29 is 9.59 Å². The Morgan fingerprint density at radius 1 is 1.26 bits per heavy atom. The van der Waals surface area contributed by atoms with Crippen molar-refractivity contribution in [2.45, 2.75) is 6.54 Å². The van der Waals surface area contributed by atoms with E-state index in [1.165, 1.54) is 11.3 Å². The van der Waals surface area contributed by atoms with E-state index < -0.39 is 5.91 Å². The first-order valence-electron chi connectivity index (χ1n) is 9.26. The van der Waals surface area contributed by atoms with Gasteiger partial charge in [0.05, 0.1) is 11.7 Å². The number of terminal acetylenes is 1. The molecule has 154 valence electrons. The normalized spacial score (nSPS) is 10.6. The third kappa shape index (κ3) is 4.24. The van der Waals surface area contributed by atoms with Gasteiger partial charge in [0, 0.05) is 29.9 Å². The van der Waals surface area contributed by atoms with Crippen molar-refractivity contribution in [3.05, 3.63) is 64.1 Å². The summed E-state index contributed by atoms with van der Waals surface area (Å²) in [6, 6.07) is 10.8. The Kier molecular flexibility index (Phi) is 5.39. The number of thiazole rings is 1. The second kappa shape index (κ2) is 8.30. The van der Waals surface area contributed by atoms with Gasteiger partial charge in [0.1, 0.15) is 5.82 Å². The number of anilines is 1. The fourth-order valence-electron chi connectivity index (χ4n) is 3.17. The van der Waals surface area contributed by atoms with Crippen molar-refractivity contribution in [2.24, 2.45) is 12.8 Å². The van der Waals surface area contributed by atoms with E-state index in [0.717, 1.165) is 27.6 Å². The summed E-state index contributed by atoms with van der Waals surface area (Å²) in [4.78, 5) is 27.9. The monoisotopic (exact) mass is 430 g/mol. The van der Waals surface area contributed by atoms with Crippen LogP contribution in [-0.4, -0.2) is 26.7 Å². The number of amides is 3. The van der Waals surface area contributed by atoms with Gasteiger partial charge in [0.25, 0.3) is 0 Å². The second-order valence-corrected chi connectivity index (χ2v) is 7.63. The van der Waals surface area contributed by atoms with E-state index in [1.807, 2.05) is 31.3 Å². The molecule has 0 aliphatic heterocycles. The number of aromatic nitrogens is 3. The van der Waals surface area contributed by atoms with Gasteiger partial charge in [-0.05, 0) is 34.7 Å². The zero-order valence-electron chi connectivity index (χ0n) is 16.5. The summed E-state index contributed by atoms with van der Waals surface area (Å²) < 4.78 is 1.71. The topological polar surface area (TPSA) is 115 Å². The standard InChI is InChI=1S/C22H18N6O2S/c1-3-20-26-19(12-31-20)27-22(30)24-10-13-4-6-14(7-5-13)16-8-15(21(23)29)9-18-17(16)11-25-28(18)2/h1,4-9,11-12H,10H2,2H3,(H2,23,29)(H2,24,27,30). The highest BCUT2D eigenvalue weighted by molar-refractivity contribution is 7.10. The van der Waals surface area contributed by atoms with Crippen LogP contribution in [0.3, 0.4) is 0 Å². The summed E-state index contributed by atoms with van der Waals surface area (Å²) in [5, 5.41) is 12.8. The molecular formula is C22H18N6O2S. The van der Waals surface area contributed by atoms with Crippen molar-refractivity contribution in [1.82, 2.24) is 20.1 Å². The minimum atomic E-state index is -0.495. The van der Waals surface area contributed by atoms with Crippen LogP contribution in [0.25, 0.3) is 22.0 Å². The lowest BCUT2D eigenvalue weighted by atomic mass is 9.98. The largest absolute Gasteiger partial charge is 0.366 e. The molecule has 3 amide bonds. The minimum Gasteiger partial charge on any atom is -0.366 e. The fraction of sp³-hybridized carbons (Fsp3) is 0.0909. The first kappa shape index (κ1) is 20.1. The van der Waals surface area contributed by atoms with E-state index in [2.05, 4.69) is 26.6 Å². The SMILES string of the molecule is C#Cc1nc(NC(=O)NCc2ccc(-c3cc(C(N)=O)cc4c3cnn4C)cc2)cs1. The molecule has 0 saturated heterocycles. The number of urea groups is 1. The van der Waals surface area contributed by atoms with Gasteiger partial charge in [0.2, 0.25) is 5.91 Å². The van der Waals surface area contributed by atoms with Crippen molar-refractivity contribution in [1.29, 1.82) is 0 Å². The third-order valence-electron chi connectivity index (χ3n) is 4.74. The molecule has 0 atom stereocenters. The number of nitrogens with zero attached hydrogens (tertiary/aromatic N) is 3. The molecule has 0 saturated carbocycles. The van der Waals surface area contributed by atoms with Crippen LogP contribution in [0.1, 0.15) is 20.9 Å². The van der Waals surface area contributed by atoms with E-state index in [-0.39, 0.29) is 6.03 Å². The number of primary amides is 1. The number of carbonyl (C=O) groups is 2. The van der Waals surface area contributed by atoms with E-state index in [4.69, 9.17) is 12.2 Å². The maximum Gasteiger partial charge on any atom is 0.320 e. The molecule has 31 heavy (non-hydrogen) atoms. The fourth-order valence-corrected chi connectivity index (χ4v) is 3.73. The summed E-state index contributed by atoms with van der Waals surface area (Å²) in [6.07, 6.45) is 7.04. The number of benzene rings is 2. The van der Waals surface area contributed by atoms with Crippen molar-refractivity contribution in [3.8, 4) is 23.5 Å². The van der Waals surface area contributed by atoms with Gasteiger partial charge in [-0.25, -0.2) is 9.78 Å². The number of nitrogens with two attached hydrogens (primary N) is 1. The Hall–Kier alpha value is -4.16. The molecule has 0 aliphatic rings. The summed E-state index contributed by atoms with van der Waals surface area (Å²) in [5.74, 6) is 2.35. The summed E-state index contributed by atoms with van der Waals surface area (Å²) >= 11 is 1.29. The summed E-state index contributed by atoms with van der Waals surface area (Å²) in [5.41, 5.74) is 9.43. The molecule has 0 fully saturated rings. The number of rotatable bonds is 5. The van der Waals surface area contributed by atoms with Crippen LogP contribution in [0.15, 0.2) is 48.0 Å². The zero-order valence-corrected chi connectivity index (χ0v) is 17.4. The smallest absolute Gasteiger partial charge is 0.320 e. The number of nitrogens with one attached hydrogen (secondary N) is 2. The summed E-state index contributed by atoms with van der Waals surface area (Å²) in [7, 11) is 1.82. The van der Waals surface area contributed by atoms with Crippen LogP contribution in [0, 0.1) is 12.3 Å². The van der Waals surface area contributed by atoms with Gasteiger partial charge >= 0.3 is 6.03 Å². The van der Waals surface area contributed by atoms with Gasteiger partial charge in [0.15, 0.2) is 5.01 Å². The quantitative estimate of drug-likeness (QED) is 0.422. The minimum absolute atomic E-state index is 0.335. The number of hydrogen-bond donors (Lipinski definition) is 3. The van der Waals surface area contributed by atoms with E-state index in [1.54, 1.807) is 28.4 Å². The second-order valence-electron chi connectivity index (χ2n) is 6.78. The lowest BCUT2D eigenvalue weighted by Crippen LogP contribution is -2.28. The maximum atomic E-state index is 12.1. The molecule has 4 rings (SSSR count). The average Bonchev–Trinajstić information content (AvgIpc) is 3.38. The Morgan fingerprint density at radius 3 is 2.71 bits per heavy atom. The number of aryl methyl sites for hydroxylation is 1. The zero-order chi connectivity index (χ0) is 22.0. The van der Waals surface area contributed by atoms with Gasteiger partial charge < -0.3 is 11.1 Å². The van der Waals surface area contributed by atoms with Gasteiger partial charge in [-0.2, -0.15) is 5.10 Å². The van der Waals surface area contributed by atoms with Crippen LogP contribution in [0.4, 0.5) is 10.6 Å². The van der Waals surface area contributed by atoms with Crippen molar-refractivity contribution in [2.75, 3.05) is 5.32 Å². The summed E-state index contributed by atoms with van der Waals surface area (Å²) in [6.45, 7) is 0.335. The first-order chi connectivity index (χ1) is 14.9. The maximum absolute atomic E-state index is 12.1. The van der Waals surface area contributed by atoms with Gasteiger partial charge in [-0.15, -0.1) is 17.8 Å². The molecule has 4 aromatic rings. The molecule has 0 aliphatic carbocycles. The predicted molar refractivity (Wildman–Crippen MR) is 121 cm³/mol. The number of fused-ring (bicyclic) bond motifs is 1. The molecule has 2 aromatic carbocycles. The first-order valence-corrected chi connectivity index (χ1v) is 10.1. The highest BCUT2D eigenvalue weighted by atomic mass is 32.1. The molecule has 0 unspecified atom stereocenters. The van der Waals surface area contributed by atoms with Gasteiger partial charge in [-0.1, -0.05) is 24.3 Å². The molecular weight excluding hydrogens is 412 g/mol. The Morgan fingerprint density at radius 2 is 2.03 bits per heavy atom. The number of carbonyl (C=O) groups excluding carboxylic acids is 2. The van der Waals surface area contributed by atoms with Gasteiger partial charge in [-0.3, -0.25) is 14.8 Å². The molecule has 0 radical (unpaired) electrons. The van der Waals surface area contributed by atoms with Crippen molar-refractivity contribution >= 4 is 40.0 Å². The molecule has 2 aromatic heterocycles. The number of hydrogen-bond acceptors (Lipinski definition) is 5. The van der Waals surface area contributed by atoms with Crippen LogP contribution in [0.2, 0.25) is 0 Å². The Labute approximate surface area is 182 Å². The highest BCUT2D eigenvalue weighted by Crippen LogP contribution is 2.30. The Balaban J connectivity index is 1.49. The molecule has 0 bridgehead atoms. The highest BCUT2D eigenvalue weighted by Gasteiger charge is 2.13. The predicted octanol–water partition coefficient (Wildman–Crippen LogP) is 3.10. The van der Waals surface area contributed by atoms with Crippen LogP contribution >= 0.6 is 11.3 Å². The average molecular weight is 430 g/mol. The van der Waals surface area contributed by atoms with Crippen LogP contribution in [-0.2, 0) is 13.6 Å². The lowest BCUT2D eigenvalue weighted by Gasteiger charge is -2.09. The molecule has 2 heterocycles. The lowest BCUT2D eigenvalue weighted by molar-refractivity contribution is 0.100. The van der Waals surface area contributed by atoms with E-state index in [0.29, 0.717) is 22.9 Å². The van der Waals surface area contributed by atoms with Crippen LogP contribution < -0.4 is 16.4 Å². The molecule has 0 spiro atoms. The third-order valence-corrected chi connectivity index (χ3v) is 5.51. The van der Waals surface area contributed by atoms with E-state index in [9.17, 15) is 9.59 Å². The Bertz CT molecular complexity index is 1330.